The number of piperidine rings is 1. The Hall–Kier alpha value is -1.66. The lowest BCUT2D eigenvalue weighted by Gasteiger charge is -2.39. The lowest BCUT2D eigenvalue weighted by molar-refractivity contribution is 0.0750. The van der Waals surface area contributed by atoms with Gasteiger partial charge in [0, 0.05) is 37.0 Å². The minimum atomic E-state index is 0.130. The zero-order valence-electron chi connectivity index (χ0n) is 17.7. The Bertz CT molecular complexity index is 713. The van der Waals surface area contributed by atoms with Crippen LogP contribution in [-0.4, -0.2) is 69.4 Å². The summed E-state index contributed by atoms with van der Waals surface area (Å²) in [5, 5.41) is 14.2. The number of rotatable bonds is 5. The molecule has 0 spiro atoms. The second-order valence-corrected chi connectivity index (χ2v) is 9.01. The highest BCUT2D eigenvalue weighted by Crippen LogP contribution is 2.31. The topological polar surface area (TPSA) is 61.6 Å². The summed E-state index contributed by atoms with van der Waals surface area (Å²) >= 11 is 0. The molecular weight excluding hydrogens is 364 g/mol. The summed E-state index contributed by atoms with van der Waals surface area (Å²) in [6, 6.07) is 0.485. The molecule has 1 amide bonds. The van der Waals surface area contributed by atoms with Crippen LogP contribution in [0.4, 0.5) is 0 Å². The molecule has 3 heterocycles. The summed E-state index contributed by atoms with van der Waals surface area (Å²) in [5.74, 6) is 0.589. The van der Waals surface area contributed by atoms with Gasteiger partial charge >= 0.3 is 0 Å². The fourth-order valence-corrected chi connectivity index (χ4v) is 5.35. The average Bonchev–Trinajstić information content (AvgIpc) is 2.93. The first-order valence-corrected chi connectivity index (χ1v) is 11.5. The Morgan fingerprint density at radius 2 is 1.83 bits per heavy atom. The van der Waals surface area contributed by atoms with Crippen molar-refractivity contribution in [3.05, 3.63) is 29.6 Å². The van der Waals surface area contributed by atoms with Gasteiger partial charge in [0.1, 0.15) is 0 Å². The van der Waals surface area contributed by atoms with E-state index in [9.17, 15) is 9.90 Å². The van der Waals surface area contributed by atoms with Gasteiger partial charge < -0.3 is 14.9 Å². The number of amides is 1. The van der Waals surface area contributed by atoms with Gasteiger partial charge in [-0.3, -0.25) is 9.48 Å². The summed E-state index contributed by atoms with van der Waals surface area (Å²) < 4.78 is 2.02. The van der Waals surface area contributed by atoms with Crippen LogP contribution in [0.15, 0.2) is 12.7 Å². The molecular formula is C23H36N4O2. The van der Waals surface area contributed by atoms with E-state index in [1.54, 1.807) is 0 Å². The van der Waals surface area contributed by atoms with E-state index in [0.717, 1.165) is 71.1 Å². The zero-order chi connectivity index (χ0) is 20.2. The fraction of sp³-hybridized carbons (Fsp3) is 0.739. The van der Waals surface area contributed by atoms with E-state index in [0.29, 0.717) is 30.8 Å². The zero-order valence-corrected chi connectivity index (χ0v) is 17.7. The standard InChI is InChI=1S/C23H36N4O2/c1-2-11-27-21-8-7-19(25-14-9-18(17-28)10-15-25)16-20(21)22(24-27)23(29)26-12-5-3-4-6-13-26/h2,18-19,28H,1,3-17H2. The highest BCUT2D eigenvalue weighted by Gasteiger charge is 2.34. The maximum absolute atomic E-state index is 13.4. The summed E-state index contributed by atoms with van der Waals surface area (Å²) in [6.45, 7) is 8.70. The largest absolute Gasteiger partial charge is 0.396 e. The molecule has 1 aliphatic carbocycles. The van der Waals surface area contributed by atoms with Crippen LogP contribution in [0, 0.1) is 5.92 Å². The molecule has 29 heavy (non-hydrogen) atoms. The highest BCUT2D eigenvalue weighted by molar-refractivity contribution is 5.94. The molecule has 2 saturated heterocycles. The van der Waals surface area contributed by atoms with Crippen LogP contribution >= 0.6 is 0 Å². The van der Waals surface area contributed by atoms with Crippen LogP contribution in [0.1, 0.15) is 66.7 Å². The molecule has 6 nitrogen and oxygen atoms in total. The number of carbonyl (C=O) groups excluding carboxylic acids is 1. The minimum Gasteiger partial charge on any atom is -0.396 e. The first-order valence-electron chi connectivity index (χ1n) is 11.5. The number of allylic oxidation sites excluding steroid dienone is 1. The quantitative estimate of drug-likeness (QED) is 0.772. The predicted octanol–water partition coefficient (Wildman–Crippen LogP) is 2.65. The van der Waals surface area contributed by atoms with Crippen molar-refractivity contribution in [2.75, 3.05) is 32.8 Å². The monoisotopic (exact) mass is 400 g/mol. The molecule has 160 valence electrons. The van der Waals surface area contributed by atoms with E-state index in [1.807, 2.05) is 15.7 Å². The normalized spacial score (nSPS) is 24.2. The van der Waals surface area contributed by atoms with E-state index in [2.05, 4.69) is 11.5 Å². The number of hydrogen-bond donors (Lipinski definition) is 1. The van der Waals surface area contributed by atoms with Crippen molar-refractivity contribution in [3.8, 4) is 0 Å². The van der Waals surface area contributed by atoms with Crippen LogP contribution in [0.3, 0.4) is 0 Å². The van der Waals surface area contributed by atoms with E-state index >= 15 is 0 Å². The van der Waals surface area contributed by atoms with E-state index in [-0.39, 0.29) is 5.91 Å². The number of hydrogen-bond acceptors (Lipinski definition) is 4. The third kappa shape index (κ3) is 4.43. The number of carbonyl (C=O) groups is 1. The third-order valence-electron chi connectivity index (χ3n) is 7.14. The van der Waals surface area contributed by atoms with Gasteiger partial charge in [0.05, 0.1) is 6.54 Å². The van der Waals surface area contributed by atoms with Gasteiger partial charge in [-0.15, -0.1) is 6.58 Å². The second kappa shape index (κ2) is 9.43. The molecule has 0 aromatic carbocycles. The second-order valence-electron chi connectivity index (χ2n) is 9.01. The summed E-state index contributed by atoms with van der Waals surface area (Å²) in [7, 11) is 0. The fourth-order valence-electron chi connectivity index (χ4n) is 5.35. The van der Waals surface area contributed by atoms with Crippen molar-refractivity contribution in [2.45, 2.75) is 70.4 Å². The van der Waals surface area contributed by atoms with Crippen LogP contribution in [-0.2, 0) is 19.4 Å². The summed E-state index contributed by atoms with van der Waals surface area (Å²) in [5.41, 5.74) is 3.12. The van der Waals surface area contributed by atoms with Crippen LogP contribution in [0.5, 0.6) is 0 Å². The van der Waals surface area contributed by atoms with Crippen LogP contribution in [0.2, 0.25) is 0 Å². The first-order chi connectivity index (χ1) is 14.2. The SMILES string of the molecule is C=CCn1nc(C(=O)N2CCCCCC2)c2c1CCC(N1CCC(CO)CC1)C2. The van der Waals surface area contributed by atoms with Crippen LogP contribution in [0.25, 0.3) is 0 Å². The minimum absolute atomic E-state index is 0.130. The van der Waals surface area contributed by atoms with Crippen molar-refractivity contribution in [2.24, 2.45) is 5.92 Å². The molecule has 1 aromatic rings. The third-order valence-corrected chi connectivity index (χ3v) is 7.14. The van der Waals surface area contributed by atoms with Gasteiger partial charge in [0.15, 0.2) is 5.69 Å². The Balaban J connectivity index is 1.55. The van der Waals surface area contributed by atoms with Gasteiger partial charge in [-0.05, 0) is 64.0 Å². The van der Waals surface area contributed by atoms with E-state index < -0.39 is 0 Å². The van der Waals surface area contributed by atoms with Gasteiger partial charge in [-0.1, -0.05) is 18.9 Å². The highest BCUT2D eigenvalue weighted by atomic mass is 16.3. The number of aliphatic hydroxyl groups is 1. The number of likely N-dealkylation sites (tertiary alicyclic amines) is 2. The molecule has 1 atom stereocenters. The van der Waals surface area contributed by atoms with Crippen molar-refractivity contribution in [1.82, 2.24) is 19.6 Å². The molecule has 2 fully saturated rings. The molecule has 0 saturated carbocycles. The molecule has 1 unspecified atom stereocenters. The molecule has 0 radical (unpaired) electrons. The number of aliphatic hydroxyl groups excluding tert-OH is 1. The summed E-state index contributed by atoms with van der Waals surface area (Å²) in [4.78, 5) is 18.0. The van der Waals surface area contributed by atoms with Gasteiger partial charge in [0.2, 0.25) is 0 Å². The molecule has 0 bridgehead atoms. The Morgan fingerprint density at radius 3 is 2.48 bits per heavy atom. The lowest BCUT2D eigenvalue weighted by Crippen LogP contribution is -2.45. The molecule has 1 aromatic heterocycles. The van der Waals surface area contributed by atoms with E-state index in [4.69, 9.17) is 5.10 Å². The predicted molar refractivity (Wildman–Crippen MR) is 114 cm³/mol. The molecule has 1 N–H and O–H groups in total. The first kappa shape index (κ1) is 20.6. The maximum atomic E-state index is 13.4. The Kier molecular flexibility index (Phi) is 6.70. The van der Waals surface area contributed by atoms with Crippen molar-refractivity contribution >= 4 is 5.91 Å². The molecule has 2 aliphatic heterocycles. The van der Waals surface area contributed by atoms with Crippen molar-refractivity contribution in [1.29, 1.82) is 0 Å². The number of aromatic nitrogens is 2. The molecule has 6 heteroatoms. The number of fused-ring (bicyclic) bond motifs is 1. The molecule has 4 rings (SSSR count). The smallest absolute Gasteiger partial charge is 0.274 e. The Morgan fingerprint density at radius 1 is 1.10 bits per heavy atom. The maximum Gasteiger partial charge on any atom is 0.274 e. The van der Waals surface area contributed by atoms with E-state index in [1.165, 1.54) is 24.1 Å². The van der Waals surface area contributed by atoms with Crippen LogP contribution < -0.4 is 0 Å². The van der Waals surface area contributed by atoms with Gasteiger partial charge in [-0.25, -0.2) is 0 Å². The van der Waals surface area contributed by atoms with Crippen molar-refractivity contribution in [3.63, 3.8) is 0 Å². The lowest BCUT2D eigenvalue weighted by atomic mass is 9.87. The van der Waals surface area contributed by atoms with Crippen molar-refractivity contribution < 1.29 is 9.90 Å². The summed E-state index contributed by atoms with van der Waals surface area (Å²) in [6.07, 6.45) is 11.7. The number of nitrogens with zero attached hydrogens (tertiary/aromatic N) is 4. The Labute approximate surface area is 174 Å². The average molecular weight is 401 g/mol. The van der Waals surface area contributed by atoms with Gasteiger partial charge in [-0.2, -0.15) is 5.10 Å². The van der Waals surface area contributed by atoms with Gasteiger partial charge in [0.25, 0.3) is 5.91 Å². The molecule has 3 aliphatic rings.